The van der Waals surface area contributed by atoms with Crippen LogP contribution in [0.5, 0.6) is 17.2 Å². The molecule has 4 aromatic carbocycles. The number of phenols is 2. The van der Waals surface area contributed by atoms with Crippen LogP contribution in [0.3, 0.4) is 0 Å². The third kappa shape index (κ3) is 6.71. The number of benzene rings is 4. The maximum Gasteiger partial charge on any atom is 0.223 e. The highest BCUT2D eigenvalue weighted by Gasteiger charge is 2.30. The Bertz CT molecular complexity index is 1830. The number of phenolic OH excluding ortho intramolecular Hbond substituents is 2. The molecule has 2 heterocycles. The highest BCUT2D eigenvalue weighted by molar-refractivity contribution is 5.91. The van der Waals surface area contributed by atoms with Crippen LogP contribution in [0.1, 0.15) is 29.0 Å². The number of carbonyl (C=O) groups excluding carboxylic acids is 1. The Morgan fingerprint density at radius 1 is 0.867 bits per heavy atom. The first-order valence-electron chi connectivity index (χ1n) is 15.2. The summed E-state index contributed by atoms with van der Waals surface area (Å²) in [4.78, 5) is 31.1. The van der Waals surface area contributed by atoms with Crippen molar-refractivity contribution >= 4 is 16.9 Å². The van der Waals surface area contributed by atoms with Gasteiger partial charge < -0.3 is 29.2 Å². The summed E-state index contributed by atoms with van der Waals surface area (Å²) >= 11 is 0. The van der Waals surface area contributed by atoms with Crippen LogP contribution in [-0.4, -0.2) is 65.8 Å². The van der Waals surface area contributed by atoms with E-state index >= 15 is 0 Å². The molecule has 1 aliphatic heterocycles. The number of fused-ring (bicyclic) bond motifs is 1. The molecule has 1 aromatic heterocycles. The molecule has 8 heteroatoms. The predicted octanol–water partition coefficient (Wildman–Crippen LogP) is 5.79. The van der Waals surface area contributed by atoms with E-state index in [4.69, 9.17) is 9.15 Å². The number of ether oxygens (including phenoxy) is 1. The molecule has 45 heavy (non-hydrogen) atoms. The van der Waals surface area contributed by atoms with E-state index in [-0.39, 0.29) is 40.4 Å². The minimum Gasteiger partial charge on any atom is -0.507 e. The van der Waals surface area contributed by atoms with Gasteiger partial charge >= 0.3 is 0 Å². The van der Waals surface area contributed by atoms with Crippen LogP contribution in [0.15, 0.2) is 106 Å². The van der Waals surface area contributed by atoms with Gasteiger partial charge in [-0.05, 0) is 30.3 Å². The molecule has 2 N–H and O–H groups in total. The maximum atomic E-state index is 13.7. The van der Waals surface area contributed by atoms with Crippen molar-refractivity contribution in [2.24, 2.45) is 0 Å². The zero-order valence-electron chi connectivity index (χ0n) is 25.2. The zero-order chi connectivity index (χ0) is 31.3. The second-order valence-corrected chi connectivity index (χ2v) is 11.5. The summed E-state index contributed by atoms with van der Waals surface area (Å²) < 4.78 is 12.3. The Balaban J connectivity index is 1.39. The minimum atomic E-state index is -0.673. The largest absolute Gasteiger partial charge is 0.507 e. The lowest BCUT2D eigenvalue weighted by atomic mass is 9.86. The van der Waals surface area contributed by atoms with Gasteiger partial charge in [-0.25, -0.2) is 0 Å². The normalized spacial score (nSPS) is 14.4. The summed E-state index contributed by atoms with van der Waals surface area (Å²) in [7, 11) is 2.03. The Hall–Kier alpha value is -5.08. The van der Waals surface area contributed by atoms with Crippen molar-refractivity contribution in [1.82, 2.24) is 9.80 Å². The fourth-order valence-electron chi connectivity index (χ4n) is 5.88. The first-order chi connectivity index (χ1) is 21.9. The molecule has 1 saturated heterocycles. The van der Waals surface area contributed by atoms with Gasteiger partial charge in [0, 0.05) is 68.2 Å². The van der Waals surface area contributed by atoms with Crippen molar-refractivity contribution in [2.75, 3.05) is 39.8 Å². The van der Waals surface area contributed by atoms with E-state index in [2.05, 4.69) is 17.0 Å². The van der Waals surface area contributed by atoms with Gasteiger partial charge in [0.25, 0.3) is 0 Å². The summed E-state index contributed by atoms with van der Waals surface area (Å²) in [5.41, 5.74) is 2.48. The quantitative estimate of drug-likeness (QED) is 0.220. The lowest BCUT2D eigenvalue weighted by Crippen LogP contribution is -2.47. The number of rotatable bonds is 9. The Morgan fingerprint density at radius 2 is 1.53 bits per heavy atom. The van der Waals surface area contributed by atoms with Crippen LogP contribution < -0.4 is 10.2 Å². The summed E-state index contributed by atoms with van der Waals surface area (Å²) in [5.74, 6) is -0.410. The van der Waals surface area contributed by atoms with Crippen LogP contribution in [-0.2, 0) is 11.2 Å². The van der Waals surface area contributed by atoms with Gasteiger partial charge in [0.1, 0.15) is 34.0 Å². The van der Waals surface area contributed by atoms with Crippen LogP contribution in [0, 0.1) is 0 Å². The molecular formula is C37H36N2O6. The van der Waals surface area contributed by atoms with E-state index in [9.17, 15) is 19.8 Å². The maximum absolute atomic E-state index is 13.7. The SMILES string of the molecule is CN1CCN(C(=O)C[C@@H](c2ccc(OCCc3ccccc3)cc2)c2c(O)cc(O)c3c(=O)cc(-c4ccccc4)oc23)CC1. The van der Waals surface area contributed by atoms with Crippen molar-refractivity contribution in [3.05, 3.63) is 124 Å². The standard InChI is InChI=1S/C37H36N2O6/c1-38-17-19-39(20-18-38)34(43)22-29(26-12-14-28(15-13-26)44-21-16-25-8-4-2-5-9-25)35-30(40)23-31(41)36-32(42)24-33(45-37(35)36)27-10-6-3-7-11-27/h2-15,23-24,29,40-41H,16-22H2,1H3/t29-/m0/s1. The lowest BCUT2D eigenvalue weighted by molar-refractivity contribution is -0.133. The number of hydrogen-bond acceptors (Lipinski definition) is 7. The molecule has 5 aromatic rings. The lowest BCUT2D eigenvalue weighted by Gasteiger charge is -2.33. The van der Waals surface area contributed by atoms with Crippen LogP contribution in [0.25, 0.3) is 22.3 Å². The molecule has 1 fully saturated rings. The van der Waals surface area contributed by atoms with E-state index in [1.807, 2.05) is 84.7 Å². The average molecular weight is 605 g/mol. The Morgan fingerprint density at radius 3 is 2.22 bits per heavy atom. The number of carbonyl (C=O) groups is 1. The first-order valence-corrected chi connectivity index (χ1v) is 15.2. The molecule has 6 rings (SSSR count). The monoisotopic (exact) mass is 604 g/mol. The number of amides is 1. The minimum absolute atomic E-state index is 0.0324. The number of hydrogen-bond donors (Lipinski definition) is 2. The summed E-state index contributed by atoms with van der Waals surface area (Å²) in [6, 6.07) is 29.2. The van der Waals surface area contributed by atoms with E-state index in [1.54, 1.807) is 0 Å². The number of nitrogens with zero attached hydrogens (tertiary/aromatic N) is 2. The first kappa shape index (κ1) is 30.0. The van der Waals surface area contributed by atoms with Gasteiger partial charge in [0.05, 0.1) is 6.61 Å². The number of likely N-dealkylation sites (N-methyl/N-ethyl adjacent to an activating group) is 1. The number of aromatic hydroxyl groups is 2. The van der Waals surface area contributed by atoms with Crippen molar-refractivity contribution in [2.45, 2.75) is 18.8 Å². The molecule has 1 aliphatic rings. The Kier molecular flexibility index (Phi) is 8.84. The highest BCUT2D eigenvalue weighted by Crippen LogP contribution is 2.43. The molecule has 1 amide bonds. The van der Waals surface area contributed by atoms with Crippen molar-refractivity contribution in [3.63, 3.8) is 0 Å². The molecule has 230 valence electrons. The molecule has 0 aliphatic carbocycles. The van der Waals surface area contributed by atoms with Crippen molar-refractivity contribution in [1.29, 1.82) is 0 Å². The van der Waals surface area contributed by atoms with Gasteiger partial charge in [-0.2, -0.15) is 0 Å². The van der Waals surface area contributed by atoms with Crippen LogP contribution >= 0.6 is 0 Å². The topological polar surface area (TPSA) is 103 Å². The van der Waals surface area contributed by atoms with Gasteiger partial charge in [-0.1, -0.05) is 72.8 Å². The predicted molar refractivity (Wildman–Crippen MR) is 174 cm³/mol. The highest BCUT2D eigenvalue weighted by atomic mass is 16.5. The van der Waals surface area contributed by atoms with Crippen LogP contribution in [0.4, 0.5) is 0 Å². The fourth-order valence-corrected chi connectivity index (χ4v) is 5.88. The molecule has 0 saturated carbocycles. The van der Waals surface area contributed by atoms with Crippen molar-refractivity contribution < 1.29 is 24.2 Å². The smallest absolute Gasteiger partial charge is 0.223 e. The molecule has 8 nitrogen and oxygen atoms in total. The van der Waals surface area contributed by atoms with Gasteiger partial charge in [0.2, 0.25) is 5.91 Å². The van der Waals surface area contributed by atoms with Gasteiger partial charge in [-0.3, -0.25) is 9.59 Å². The molecule has 0 radical (unpaired) electrons. The summed E-state index contributed by atoms with van der Waals surface area (Å²) in [5, 5.41) is 22.1. The second-order valence-electron chi connectivity index (χ2n) is 11.5. The van der Waals surface area contributed by atoms with Gasteiger partial charge in [-0.15, -0.1) is 0 Å². The van der Waals surface area contributed by atoms with Crippen molar-refractivity contribution in [3.8, 4) is 28.6 Å². The van der Waals surface area contributed by atoms with E-state index in [0.29, 0.717) is 36.8 Å². The van der Waals surface area contributed by atoms with Crippen LogP contribution in [0.2, 0.25) is 0 Å². The Labute approximate surface area is 261 Å². The summed E-state index contributed by atoms with van der Waals surface area (Å²) in [6.45, 7) is 3.26. The molecule has 1 atom stereocenters. The number of piperazine rings is 1. The molecule has 0 bridgehead atoms. The van der Waals surface area contributed by atoms with E-state index < -0.39 is 11.3 Å². The van der Waals surface area contributed by atoms with E-state index in [0.717, 1.165) is 31.1 Å². The fraction of sp³-hybridized carbons (Fsp3) is 0.243. The molecule has 0 unspecified atom stereocenters. The average Bonchev–Trinajstić information content (AvgIpc) is 3.05. The second kappa shape index (κ2) is 13.3. The molecule has 0 spiro atoms. The zero-order valence-corrected chi connectivity index (χ0v) is 25.2. The third-order valence-electron chi connectivity index (χ3n) is 8.42. The van der Waals surface area contributed by atoms with E-state index in [1.165, 1.54) is 11.6 Å². The van der Waals surface area contributed by atoms with Gasteiger partial charge in [0.15, 0.2) is 5.43 Å². The summed E-state index contributed by atoms with van der Waals surface area (Å²) in [6.07, 6.45) is 0.797. The third-order valence-corrected chi connectivity index (χ3v) is 8.42. The molecular weight excluding hydrogens is 568 g/mol.